The Morgan fingerprint density at radius 2 is 2.33 bits per heavy atom. The topological polar surface area (TPSA) is 32.3 Å². The van der Waals surface area contributed by atoms with Gasteiger partial charge in [0.2, 0.25) is 0 Å². The zero-order valence-electron chi connectivity index (χ0n) is 8.67. The van der Waals surface area contributed by atoms with Gasteiger partial charge in [-0.2, -0.15) is 0 Å². The fourth-order valence-electron chi connectivity index (χ4n) is 2.11. The number of piperidine rings is 1. The molecule has 1 unspecified atom stereocenters. The number of benzene rings is 1. The number of halogens is 1. The summed E-state index contributed by atoms with van der Waals surface area (Å²) in [5.74, 6) is 0.233. The Kier molecular flexibility index (Phi) is 3.21. The summed E-state index contributed by atoms with van der Waals surface area (Å²) in [5, 5.41) is 12.4. The summed E-state index contributed by atoms with van der Waals surface area (Å²) in [7, 11) is 0. The molecule has 1 fully saturated rings. The van der Waals surface area contributed by atoms with Gasteiger partial charge < -0.3 is 10.4 Å². The molecule has 1 aliphatic heterocycles. The van der Waals surface area contributed by atoms with Gasteiger partial charge in [0, 0.05) is 6.07 Å². The molecule has 0 aromatic heterocycles. The molecule has 0 aliphatic carbocycles. The summed E-state index contributed by atoms with van der Waals surface area (Å²) in [4.78, 5) is 0. The Hall–Kier alpha value is -1.09. The van der Waals surface area contributed by atoms with E-state index in [0.29, 0.717) is 11.5 Å². The van der Waals surface area contributed by atoms with E-state index in [1.807, 2.05) is 0 Å². The Morgan fingerprint density at radius 3 is 3.00 bits per heavy atom. The zero-order valence-corrected chi connectivity index (χ0v) is 8.67. The summed E-state index contributed by atoms with van der Waals surface area (Å²) in [6.45, 7) is 2.05. The number of hydrogen-bond acceptors (Lipinski definition) is 2. The molecule has 1 aromatic carbocycles. The first-order chi connectivity index (χ1) is 7.25. The van der Waals surface area contributed by atoms with Crippen molar-refractivity contribution < 1.29 is 9.50 Å². The normalized spacial score (nSPS) is 21.5. The van der Waals surface area contributed by atoms with Crippen LogP contribution in [0.1, 0.15) is 18.4 Å². The highest BCUT2D eigenvalue weighted by Gasteiger charge is 2.15. The molecule has 1 heterocycles. The van der Waals surface area contributed by atoms with Crippen molar-refractivity contribution in [2.45, 2.75) is 19.3 Å². The van der Waals surface area contributed by atoms with E-state index in [4.69, 9.17) is 5.11 Å². The van der Waals surface area contributed by atoms with E-state index in [0.717, 1.165) is 25.9 Å². The van der Waals surface area contributed by atoms with Gasteiger partial charge in [-0.25, -0.2) is 4.39 Å². The average Bonchev–Trinajstić information content (AvgIpc) is 2.24. The number of hydrogen-bond donors (Lipinski definition) is 2. The van der Waals surface area contributed by atoms with Crippen molar-refractivity contribution in [3.63, 3.8) is 0 Å². The molecule has 0 bridgehead atoms. The van der Waals surface area contributed by atoms with Crippen molar-refractivity contribution >= 4 is 0 Å². The molecule has 3 heteroatoms. The van der Waals surface area contributed by atoms with E-state index in [1.54, 1.807) is 12.1 Å². The van der Waals surface area contributed by atoms with Crippen molar-refractivity contribution in [2.75, 3.05) is 13.1 Å². The van der Waals surface area contributed by atoms with Crippen molar-refractivity contribution in [3.8, 4) is 5.75 Å². The lowest BCUT2D eigenvalue weighted by Crippen LogP contribution is -2.31. The highest BCUT2D eigenvalue weighted by molar-refractivity contribution is 5.28. The van der Waals surface area contributed by atoms with Gasteiger partial charge in [-0.15, -0.1) is 0 Å². The first kappa shape index (κ1) is 10.4. The zero-order chi connectivity index (χ0) is 10.7. The van der Waals surface area contributed by atoms with Crippen LogP contribution in [0, 0.1) is 11.7 Å². The number of rotatable bonds is 2. The van der Waals surface area contributed by atoms with Crippen LogP contribution in [0.4, 0.5) is 4.39 Å². The Bertz CT molecular complexity index is 334. The van der Waals surface area contributed by atoms with E-state index >= 15 is 0 Å². The minimum Gasteiger partial charge on any atom is -0.508 e. The Labute approximate surface area is 89.1 Å². The van der Waals surface area contributed by atoms with Gasteiger partial charge in [0.15, 0.2) is 0 Å². The molecule has 82 valence electrons. The standard InChI is InChI=1S/C12H16FNO/c13-12-7-11(15)4-3-10(12)6-9-2-1-5-14-8-9/h3-4,7,9,14-15H,1-2,5-6,8H2. The highest BCUT2D eigenvalue weighted by atomic mass is 19.1. The molecule has 2 rings (SSSR count). The van der Waals surface area contributed by atoms with E-state index in [-0.39, 0.29) is 11.6 Å². The number of nitrogens with one attached hydrogen (secondary N) is 1. The third-order valence-corrected chi connectivity index (χ3v) is 2.94. The van der Waals surface area contributed by atoms with Gasteiger partial charge in [-0.05, 0) is 49.9 Å². The van der Waals surface area contributed by atoms with Gasteiger partial charge in [0.25, 0.3) is 0 Å². The molecule has 0 spiro atoms. The van der Waals surface area contributed by atoms with E-state index in [2.05, 4.69) is 5.32 Å². The van der Waals surface area contributed by atoms with Crippen molar-refractivity contribution in [1.29, 1.82) is 0 Å². The fraction of sp³-hybridized carbons (Fsp3) is 0.500. The van der Waals surface area contributed by atoms with Crippen LogP contribution in [0.2, 0.25) is 0 Å². The van der Waals surface area contributed by atoms with Crippen LogP contribution in [0.15, 0.2) is 18.2 Å². The lowest BCUT2D eigenvalue weighted by atomic mass is 9.92. The summed E-state index contributed by atoms with van der Waals surface area (Å²) >= 11 is 0. The van der Waals surface area contributed by atoms with Gasteiger partial charge in [0.05, 0.1) is 0 Å². The maximum atomic E-state index is 13.4. The fourth-order valence-corrected chi connectivity index (χ4v) is 2.11. The molecule has 1 aromatic rings. The van der Waals surface area contributed by atoms with Crippen LogP contribution in [-0.2, 0) is 6.42 Å². The smallest absolute Gasteiger partial charge is 0.130 e. The molecule has 15 heavy (non-hydrogen) atoms. The van der Waals surface area contributed by atoms with Gasteiger partial charge in [-0.1, -0.05) is 6.07 Å². The van der Waals surface area contributed by atoms with Crippen molar-refractivity contribution in [2.24, 2.45) is 5.92 Å². The van der Waals surface area contributed by atoms with Crippen LogP contribution in [-0.4, -0.2) is 18.2 Å². The van der Waals surface area contributed by atoms with Gasteiger partial charge in [0.1, 0.15) is 11.6 Å². The summed E-state index contributed by atoms with van der Waals surface area (Å²) in [6.07, 6.45) is 3.09. The van der Waals surface area contributed by atoms with E-state index < -0.39 is 0 Å². The Morgan fingerprint density at radius 1 is 1.47 bits per heavy atom. The second kappa shape index (κ2) is 4.62. The molecule has 1 aliphatic rings. The lowest BCUT2D eigenvalue weighted by molar-refractivity contribution is 0.371. The Balaban J connectivity index is 2.03. The maximum Gasteiger partial charge on any atom is 0.130 e. The summed E-state index contributed by atoms with van der Waals surface area (Å²) in [6, 6.07) is 4.42. The first-order valence-electron chi connectivity index (χ1n) is 5.44. The largest absolute Gasteiger partial charge is 0.508 e. The second-order valence-electron chi connectivity index (χ2n) is 4.19. The predicted molar refractivity (Wildman–Crippen MR) is 57.4 cm³/mol. The number of phenolic OH excluding ortho intramolecular Hbond substituents is 1. The van der Waals surface area contributed by atoms with E-state index in [1.165, 1.54) is 12.5 Å². The molecular weight excluding hydrogens is 193 g/mol. The maximum absolute atomic E-state index is 13.4. The molecule has 2 N–H and O–H groups in total. The second-order valence-corrected chi connectivity index (χ2v) is 4.19. The molecule has 0 radical (unpaired) electrons. The summed E-state index contributed by atoms with van der Waals surface area (Å²) in [5.41, 5.74) is 0.710. The highest BCUT2D eigenvalue weighted by Crippen LogP contribution is 2.21. The molecule has 1 saturated heterocycles. The molecule has 2 nitrogen and oxygen atoms in total. The predicted octanol–water partition coefficient (Wildman–Crippen LogP) is 2.07. The van der Waals surface area contributed by atoms with Gasteiger partial charge in [-0.3, -0.25) is 0 Å². The lowest BCUT2D eigenvalue weighted by Gasteiger charge is -2.22. The molecule has 1 atom stereocenters. The molecular formula is C12H16FNO. The summed E-state index contributed by atoms with van der Waals surface area (Å²) < 4.78 is 13.4. The van der Waals surface area contributed by atoms with Crippen LogP contribution >= 0.6 is 0 Å². The monoisotopic (exact) mass is 209 g/mol. The minimum absolute atomic E-state index is 0.00183. The quantitative estimate of drug-likeness (QED) is 0.781. The van der Waals surface area contributed by atoms with Crippen LogP contribution in [0.3, 0.4) is 0 Å². The van der Waals surface area contributed by atoms with Gasteiger partial charge >= 0.3 is 0 Å². The third kappa shape index (κ3) is 2.69. The molecule has 0 amide bonds. The molecule has 0 saturated carbocycles. The first-order valence-corrected chi connectivity index (χ1v) is 5.44. The van der Waals surface area contributed by atoms with Crippen LogP contribution < -0.4 is 5.32 Å². The average molecular weight is 209 g/mol. The van der Waals surface area contributed by atoms with Crippen molar-refractivity contribution in [1.82, 2.24) is 5.32 Å². The third-order valence-electron chi connectivity index (χ3n) is 2.94. The van der Waals surface area contributed by atoms with Crippen molar-refractivity contribution in [3.05, 3.63) is 29.6 Å². The number of phenols is 1. The van der Waals surface area contributed by atoms with Crippen LogP contribution in [0.25, 0.3) is 0 Å². The number of aromatic hydroxyl groups is 1. The minimum atomic E-state index is -0.291. The van der Waals surface area contributed by atoms with Crippen LogP contribution in [0.5, 0.6) is 5.75 Å². The van der Waals surface area contributed by atoms with E-state index in [9.17, 15) is 4.39 Å². The SMILES string of the molecule is Oc1ccc(CC2CCCNC2)c(F)c1.